The van der Waals surface area contributed by atoms with E-state index in [2.05, 4.69) is 5.32 Å². The van der Waals surface area contributed by atoms with Crippen LogP contribution in [0, 0.1) is 12.8 Å². The number of carbonyl (C=O) groups excluding carboxylic acids is 1. The van der Waals surface area contributed by atoms with Gasteiger partial charge < -0.3 is 5.32 Å². The predicted octanol–water partition coefficient (Wildman–Crippen LogP) is 2.46. The summed E-state index contributed by atoms with van der Waals surface area (Å²) in [5, 5.41) is 4.07. The molecule has 1 aliphatic rings. The summed E-state index contributed by atoms with van der Waals surface area (Å²) in [7, 11) is 0. The van der Waals surface area contributed by atoms with Gasteiger partial charge in [-0.1, -0.05) is 24.2 Å². The molecule has 0 unspecified atom stereocenters. The van der Waals surface area contributed by atoms with Crippen molar-refractivity contribution < 1.29 is 18.0 Å². The number of hydrogen-bond donors (Lipinski definition) is 1. The van der Waals surface area contributed by atoms with Crippen molar-refractivity contribution in [2.45, 2.75) is 51.4 Å². The fraction of sp³-hybridized carbons (Fsp3) is 0.692. The van der Waals surface area contributed by atoms with Crippen molar-refractivity contribution >= 4 is 17.2 Å². The first kappa shape index (κ1) is 16.1. The molecule has 1 aliphatic carbocycles. The average molecular weight is 322 g/mol. The van der Waals surface area contributed by atoms with Crippen molar-refractivity contribution in [2.75, 3.05) is 0 Å². The Morgan fingerprint density at radius 2 is 2.10 bits per heavy atom. The highest BCUT2D eigenvalue weighted by Gasteiger charge is 2.45. The van der Waals surface area contributed by atoms with Gasteiger partial charge in [-0.2, -0.15) is 13.2 Å². The Kier molecular flexibility index (Phi) is 4.75. The van der Waals surface area contributed by atoms with Gasteiger partial charge in [-0.3, -0.25) is 14.2 Å². The number of alkyl halides is 3. The van der Waals surface area contributed by atoms with Crippen LogP contribution in [0.4, 0.5) is 13.2 Å². The maximum atomic E-state index is 12.9. The molecule has 0 aromatic carbocycles. The second-order valence-corrected chi connectivity index (χ2v) is 6.16. The maximum absolute atomic E-state index is 12.9. The van der Waals surface area contributed by atoms with E-state index in [0.717, 1.165) is 11.3 Å². The minimum absolute atomic E-state index is 0.0475. The van der Waals surface area contributed by atoms with Crippen molar-refractivity contribution in [3.63, 3.8) is 0 Å². The van der Waals surface area contributed by atoms with Gasteiger partial charge >= 0.3 is 11.0 Å². The molecule has 1 amide bonds. The second kappa shape index (κ2) is 6.21. The molecule has 0 saturated heterocycles. The van der Waals surface area contributed by atoms with E-state index in [4.69, 9.17) is 0 Å². The van der Waals surface area contributed by atoms with Crippen LogP contribution < -0.4 is 10.2 Å². The minimum atomic E-state index is -4.30. The van der Waals surface area contributed by atoms with Gasteiger partial charge in [-0.25, -0.2) is 0 Å². The normalized spacial score (nSPS) is 23.0. The van der Waals surface area contributed by atoms with Gasteiger partial charge in [0, 0.05) is 17.1 Å². The third kappa shape index (κ3) is 3.87. The summed E-state index contributed by atoms with van der Waals surface area (Å²) in [5.74, 6) is -2.03. The van der Waals surface area contributed by atoms with Crippen molar-refractivity contribution in [1.29, 1.82) is 0 Å². The van der Waals surface area contributed by atoms with Gasteiger partial charge in [0.25, 0.3) is 0 Å². The fourth-order valence-electron chi connectivity index (χ4n) is 2.69. The van der Waals surface area contributed by atoms with Gasteiger partial charge in [0.1, 0.15) is 6.54 Å². The first-order chi connectivity index (χ1) is 9.79. The van der Waals surface area contributed by atoms with Gasteiger partial charge in [-0.05, 0) is 19.8 Å². The molecule has 2 atom stereocenters. The highest BCUT2D eigenvalue weighted by Crippen LogP contribution is 2.37. The van der Waals surface area contributed by atoms with Crippen LogP contribution in [0.15, 0.2) is 10.2 Å². The number of aromatic nitrogens is 1. The van der Waals surface area contributed by atoms with Crippen LogP contribution in [0.5, 0.6) is 0 Å². The molecule has 0 spiro atoms. The highest BCUT2D eigenvalue weighted by atomic mass is 32.1. The third-order valence-corrected chi connectivity index (χ3v) is 4.69. The lowest BCUT2D eigenvalue weighted by molar-refractivity contribution is -0.189. The predicted molar refractivity (Wildman–Crippen MR) is 73.3 cm³/mol. The zero-order valence-corrected chi connectivity index (χ0v) is 12.4. The second-order valence-electron chi connectivity index (χ2n) is 5.34. The third-order valence-electron chi connectivity index (χ3n) is 3.81. The number of halogens is 3. The number of thiazole rings is 1. The van der Waals surface area contributed by atoms with E-state index in [9.17, 15) is 22.8 Å². The summed E-state index contributed by atoms with van der Waals surface area (Å²) in [6, 6.07) is -0.888. The Morgan fingerprint density at radius 3 is 2.67 bits per heavy atom. The molecule has 8 heteroatoms. The van der Waals surface area contributed by atoms with Gasteiger partial charge in [0.2, 0.25) is 5.91 Å². The average Bonchev–Trinajstić information content (AvgIpc) is 2.70. The van der Waals surface area contributed by atoms with Crippen LogP contribution in [0.2, 0.25) is 0 Å². The van der Waals surface area contributed by atoms with Crippen LogP contribution in [-0.4, -0.2) is 22.7 Å². The number of hydrogen-bond acceptors (Lipinski definition) is 3. The number of nitrogens with zero attached hydrogens (tertiary/aromatic N) is 1. The van der Waals surface area contributed by atoms with Crippen LogP contribution in [0.3, 0.4) is 0 Å². The van der Waals surface area contributed by atoms with Crippen LogP contribution in [0.1, 0.15) is 31.4 Å². The lowest BCUT2D eigenvalue weighted by Gasteiger charge is -2.33. The lowest BCUT2D eigenvalue weighted by atomic mass is 9.84. The van der Waals surface area contributed by atoms with E-state index >= 15 is 0 Å². The molecule has 21 heavy (non-hydrogen) atoms. The van der Waals surface area contributed by atoms with E-state index < -0.39 is 24.0 Å². The number of amides is 1. The highest BCUT2D eigenvalue weighted by molar-refractivity contribution is 7.07. The molecule has 1 N–H and O–H groups in total. The summed E-state index contributed by atoms with van der Waals surface area (Å²) in [6.07, 6.45) is -2.72. The molecular formula is C13H17F3N2O2S. The Bertz CT molecular complexity index is 564. The van der Waals surface area contributed by atoms with Gasteiger partial charge in [-0.15, -0.1) is 0 Å². The SMILES string of the molecule is Cc1csc(=O)n1CC(=O)N[C@H]1CCCC[C@@H]1C(F)(F)F. The summed E-state index contributed by atoms with van der Waals surface area (Å²) in [5.41, 5.74) is 0.635. The van der Waals surface area contributed by atoms with Crippen LogP contribution in [-0.2, 0) is 11.3 Å². The van der Waals surface area contributed by atoms with E-state index in [1.54, 1.807) is 12.3 Å². The molecule has 2 rings (SSSR count). The first-order valence-corrected chi connectivity index (χ1v) is 7.68. The topological polar surface area (TPSA) is 51.1 Å². The largest absolute Gasteiger partial charge is 0.393 e. The van der Waals surface area contributed by atoms with E-state index in [1.807, 2.05) is 0 Å². The molecule has 1 heterocycles. The number of carbonyl (C=O) groups is 1. The van der Waals surface area contributed by atoms with E-state index in [0.29, 0.717) is 25.0 Å². The maximum Gasteiger partial charge on any atom is 0.393 e. The van der Waals surface area contributed by atoms with Crippen molar-refractivity contribution in [3.8, 4) is 0 Å². The smallest absolute Gasteiger partial charge is 0.351 e. The molecule has 1 aromatic heterocycles. The summed E-state index contributed by atoms with van der Waals surface area (Å²) >= 11 is 0.971. The molecule has 4 nitrogen and oxygen atoms in total. The van der Waals surface area contributed by atoms with Crippen LogP contribution >= 0.6 is 11.3 Å². The Hall–Kier alpha value is -1.31. The molecule has 0 radical (unpaired) electrons. The van der Waals surface area contributed by atoms with Gasteiger partial charge in [0.05, 0.1) is 5.92 Å². The fourth-order valence-corrected chi connectivity index (χ4v) is 3.42. The van der Waals surface area contributed by atoms with E-state index in [1.165, 1.54) is 4.57 Å². The van der Waals surface area contributed by atoms with Crippen molar-refractivity contribution in [2.24, 2.45) is 5.92 Å². The first-order valence-electron chi connectivity index (χ1n) is 6.80. The number of rotatable bonds is 3. The molecule has 1 saturated carbocycles. The van der Waals surface area contributed by atoms with Crippen LogP contribution in [0.25, 0.3) is 0 Å². The van der Waals surface area contributed by atoms with Crippen molar-refractivity contribution in [3.05, 3.63) is 20.7 Å². The Morgan fingerprint density at radius 1 is 1.43 bits per heavy atom. The zero-order valence-electron chi connectivity index (χ0n) is 11.6. The quantitative estimate of drug-likeness (QED) is 0.929. The summed E-state index contributed by atoms with van der Waals surface area (Å²) in [4.78, 5) is 23.2. The summed E-state index contributed by atoms with van der Waals surface area (Å²) < 4.78 is 40.1. The minimum Gasteiger partial charge on any atom is -0.351 e. The van der Waals surface area contributed by atoms with Crippen molar-refractivity contribution in [1.82, 2.24) is 9.88 Å². The van der Waals surface area contributed by atoms with E-state index in [-0.39, 0.29) is 17.8 Å². The van der Waals surface area contributed by atoms with Gasteiger partial charge in [0.15, 0.2) is 0 Å². The Balaban J connectivity index is 2.02. The molecule has 1 fully saturated rings. The standard InChI is InChI=1S/C13H17F3N2O2S/c1-8-7-21-12(20)18(8)6-11(19)17-10-5-3-2-4-9(10)13(14,15)16/h7,9-10H,2-6H2,1H3,(H,17,19)/t9-,10-/m0/s1. The molecule has 118 valence electrons. The zero-order chi connectivity index (χ0) is 15.6. The molecule has 1 aromatic rings. The Labute approximate surface area is 124 Å². The molecule has 0 bridgehead atoms. The molecule has 0 aliphatic heterocycles. The summed E-state index contributed by atoms with van der Waals surface area (Å²) in [6.45, 7) is 1.46. The number of aryl methyl sites for hydroxylation is 1. The number of nitrogens with one attached hydrogen (secondary N) is 1. The monoisotopic (exact) mass is 322 g/mol. The molecular weight excluding hydrogens is 305 g/mol. The lowest BCUT2D eigenvalue weighted by Crippen LogP contribution is -2.48.